The van der Waals surface area contributed by atoms with Crippen molar-refractivity contribution in [3.05, 3.63) is 0 Å². The summed E-state index contributed by atoms with van der Waals surface area (Å²) < 4.78 is 25.7. The van der Waals surface area contributed by atoms with Crippen LogP contribution in [0.5, 0.6) is 0 Å². The topological polar surface area (TPSA) is 98.8 Å². The lowest BCUT2D eigenvalue weighted by Gasteiger charge is -2.33. The first kappa shape index (κ1) is 18.6. The van der Waals surface area contributed by atoms with Crippen LogP contribution in [0, 0.1) is 5.92 Å². The minimum atomic E-state index is -3.31. The third kappa shape index (κ3) is 4.71. The first-order valence-corrected chi connectivity index (χ1v) is 10.9. The lowest BCUT2D eigenvalue weighted by Crippen LogP contribution is -2.51. The predicted molar refractivity (Wildman–Crippen MR) is 93.3 cm³/mol. The Kier molecular flexibility index (Phi) is 5.36. The largest absolute Gasteiger partial charge is 0.343 e. The van der Waals surface area contributed by atoms with Gasteiger partial charge in [-0.05, 0) is 25.2 Å². The molecule has 2 heterocycles. The van der Waals surface area contributed by atoms with Crippen molar-refractivity contribution in [2.75, 3.05) is 32.4 Å². The van der Waals surface area contributed by atoms with Gasteiger partial charge in [0.25, 0.3) is 0 Å². The molecule has 8 nitrogen and oxygen atoms in total. The Morgan fingerprint density at radius 2 is 1.96 bits per heavy atom. The lowest BCUT2D eigenvalue weighted by molar-refractivity contribution is -0.135. The van der Waals surface area contributed by atoms with E-state index in [-0.39, 0.29) is 23.9 Å². The maximum atomic E-state index is 12.9. The number of carbonyl (C=O) groups excluding carboxylic acids is 2. The summed E-state index contributed by atoms with van der Waals surface area (Å²) in [6, 6.07) is -0.823. The molecule has 2 aliphatic heterocycles. The Morgan fingerprint density at radius 1 is 1.24 bits per heavy atom. The van der Waals surface area contributed by atoms with Crippen LogP contribution >= 0.6 is 0 Å². The molecule has 2 saturated heterocycles. The van der Waals surface area contributed by atoms with Crippen molar-refractivity contribution in [1.29, 1.82) is 0 Å². The molecule has 25 heavy (non-hydrogen) atoms. The Labute approximate surface area is 149 Å². The fourth-order valence-corrected chi connectivity index (χ4v) is 4.98. The van der Waals surface area contributed by atoms with Gasteiger partial charge in [0.15, 0.2) is 0 Å². The van der Waals surface area contributed by atoms with E-state index in [9.17, 15) is 18.0 Å². The maximum Gasteiger partial charge on any atom is 0.246 e. The quantitative estimate of drug-likeness (QED) is 0.653. The molecular formula is C16H28N4O4S. The van der Waals surface area contributed by atoms with Gasteiger partial charge in [-0.3, -0.25) is 14.5 Å². The molecule has 0 aromatic rings. The normalized spacial score (nSPS) is 31.4. The average molecular weight is 372 g/mol. The highest BCUT2D eigenvalue weighted by Crippen LogP contribution is 2.29. The van der Waals surface area contributed by atoms with Crippen LogP contribution in [0.4, 0.5) is 0 Å². The van der Waals surface area contributed by atoms with E-state index in [1.165, 1.54) is 26.2 Å². The molecule has 3 fully saturated rings. The molecule has 142 valence electrons. The van der Waals surface area contributed by atoms with Crippen molar-refractivity contribution in [3.63, 3.8) is 0 Å². The van der Waals surface area contributed by atoms with Crippen LogP contribution in [0.25, 0.3) is 0 Å². The molecule has 0 radical (unpaired) electrons. The molecule has 0 spiro atoms. The SMILES string of the molecule is CC(=O)N[C@H]1CN(CC2CCC2)C[C@@H]2C[C@H](NS(C)(=O)=O)CN2C1=O. The van der Waals surface area contributed by atoms with E-state index in [0.717, 1.165) is 19.3 Å². The molecule has 9 heteroatoms. The van der Waals surface area contributed by atoms with Crippen molar-refractivity contribution < 1.29 is 18.0 Å². The molecule has 0 aromatic carbocycles. The second-order valence-corrected chi connectivity index (χ2v) is 9.52. The second kappa shape index (κ2) is 7.20. The molecule has 3 aliphatic rings. The van der Waals surface area contributed by atoms with Gasteiger partial charge in [0, 0.05) is 45.2 Å². The summed E-state index contributed by atoms with van der Waals surface area (Å²) in [5.41, 5.74) is 0. The Balaban J connectivity index is 1.74. The van der Waals surface area contributed by atoms with Crippen LogP contribution in [0.2, 0.25) is 0 Å². The van der Waals surface area contributed by atoms with Gasteiger partial charge < -0.3 is 10.2 Å². The molecule has 1 aliphatic carbocycles. The van der Waals surface area contributed by atoms with Gasteiger partial charge in [-0.25, -0.2) is 13.1 Å². The van der Waals surface area contributed by atoms with E-state index < -0.39 is 16.1 Å². The molecule has 0 unspecified atom stereocenters. The number of fused-ring (bicyclic) bond motifs is 1. The summed E-state index contributed by atoms with van der Waals surface area (Å²) in [4.78, 5) is 28.4. The number of sulfonamides is 1. The van der Waals surface area contributed by atoms with Gasteiger partial charge in [0.2, 0.25) is 21.8 Å². The van der Waals surface area contributed by atoms with Crippen LogP contribution in [0.3, 0.4) is 0 Å². The number of hydrogen-bond acceptors (Lipinski definition) is 5. The van der Waals surface area contributed by atoms with Crippen LogP contribution < -0.4 is 10.0 Å². The van der Waals surface area contributed by atoms with E-state index in [0.29, 0.717) is 25.4 Å². The summed E-state index contributed by atoms with van der Waals surface area (Å²) in [5, 5.41) is 2.78. The standard InChI is InChI=1S/C16H28N4O4S/c1-11(21)17-15-10-19(7-12-4-3-5-12)9-14-6-13(18-25(2,23)24)8-20(14)16(15)22/h12-15,18H,3-10H2,1-2H3,(H,17,21)/t13-,14-,15-/m0/s1. The zero-order chi connectivity index (χ0) is 18.2. The molecule has 2 amide bonds. The lowest BCUT2D eigenvalue weighted by atomic mass is 9.85. The van der Waals surface area contributed by atoms with E-state index in [2.05, 4.69) is 14.9 Å². The highest BCUT2D eigenvalue weighted by Gasteiger charge is 2.43. The number of carbonyl (C=O) groups is 2. The smallest absolute Gasteiger partial charge is 0.246 e. The Morgan fingerprint density at radius 3 is 2.52 bits per heavy atom. The first-order chi connectivity index (χ1) is 11.7. The van der Waals surface area contributed by atoms with Crippen LogP contribution in [-0.4, -0.2) is 80.6 Å². The van der Waals surface area contributed by atoms with Crippen LogP contribution in [0.1, 0.15) is 32.6 Å². The Hall–Kier alpha value is -1.19. The van der Waals surface area contributed by atoms with E-state index in [1.54, 1.807) is 4.90 Å². The maximum absolute atomic E-state index is 12.9. The van der Waals surface area contributed by atoms with Gasteiger partial charge in [0.1, 0.15) is 6.04 Å². The van der Waals surface area contributed by atoms with E-state index in [4.69, 9.17) is 0 Å². The highest BCUT2D eigenvalue weighted by atomic mass is 32.2. The zero-order valence-corrected chi connectivity index (χ0v) is 15.7. The second-order valence-electron chi connectivity index (χ2n) is 7.74. The molecule has 2 N–H and O–H groups in total. The third-order valence-electron chi connectivity index (χ3n) is 5.40. The van der Waals surface area contributed by atoms with Crippen molar-refractivity contribution in [3.8, 4) is 0 Å². The van der Waals surface area contributed by atoms with E-state index >= 15 is 0 Å². The van der Waals surface area contributed by atoms with Crippen molar-refractivity contribution in [1.82, 2.24) is 19.8 Å². The van der Waals surface area contributed by atoms with Gasteiger partial charge in [-0.15, -0.1) is 0 Å². The molecule has 3 atom stereocenters. The van der Waals surface area contributed by atoms with Gasteiger partial charge in [0.05, 0.1) is 6.26 Å². The first-order valence-electron chi connectivity index (χ1n) is 8.98. The number of amides is 2. The van der Waals surface area contributed by atoms with Crippen molar-refractivity contribution >= 4 is 21.8 Å². The van der Waals surface area contributed by atoms with Gasteiger partial charge >= 0.3 is 0 Å². The number of hydrogen-bond donors (Lipinski definition) is 2. The number of rotatable bonds is 5. The fourth-order valence-electron chi connectivity index (χ4n) is 4.20. The van der Waals surface area contributed by atoms with Crippen molar-refractivity contribution in [2.24, 2.45) is 5.92 Å². The molecule has 3 rings (SSSR count). The van der Waals surface area contributed by atoms with Gasteiger partial charge in [-0.2, -0.15) is 0 Å². The summed E-state index contributed by atoms with van der Waals surface area (Å²) in [7, 11) is -3.31. The summed E-state index contributed by atoms with van der Waals surface area (Å²) in [6.45, 7) is 4.00. The predicted octanol–water partition coefficient (Wildman–Crippen LogP) is -0.874. The minimum Gasteiger partial charge on any atom is -0.343 e. The molecule has 1 saturated carbocycles. The summed E-state index contributed by atoms with van der Waals surface area (Å²) in [6.07, 6.45) is 5.47. The van der Waals surface area contributed by atoms with E-state index in [1.807, 2.05) is 0 Å². The van der Waals surface area contributed by atoms with Crippen molar-refractivity contribution in [2.45, 2.75) is 50.7 Å². The minimum absolute atomic E-state index is 0.00872. The number of nitrogens with one attached hydrogen (secondary N) is 2. The van der Waals surface area contributed by atoms with Crippen LogP contribution in [0.15, 0.2) is 0 Å². The zero-order valence-electron chi connectivity index (χ0n) is 14.9. The molecule has 0 bridgehead atoms. The average Bonchev–Trinajstić information content (AvgIpc) is 2.75. The third-order valence-corrected chi connectivity index (χ3v) is 6.17. The monoisotopic (exact) mass is 372 g/mol. The Bertz CT molecular complexity index is 634. The highest BCUT2D eigenvalue weighted by molar-refractivity contribution is 7.88. The molecular weight excluding hydrogens is 344 g/mol. The molecule has 0 aromatic heterocycles. The summed E-state index contributed by atoms with van der Waals surface area (Å²) >= 11 is 0. The fraction of sp³-hybridized carbons (Fsp3) is 0.875. The number of nitrogens with zero attached hydrogens (tertiary/aromatic N) is 2. The summed E-state index contributed by atoms with van der Waals surface area (Å²) in [5.74, 6) is 0.352. The van der Waals surface area contributed by atoms with Gasteiger partial charge in [-0.1, -0.05) is 6.42 Å². The van der Waals surface area contributed by atoms with Crippen LogP contribution in [-0.2, 0) is 19.6 Å².